The number of amides is 1. The van der Waals surface area contributed by atoms with Crippen LogP contribution in [-0.4, -0.2) is 23.7 Å². The van der Waals surface area contributed by atoms with Crippen LogP contribution in [0.15, 0.2) is 40.7 Å². The number of hydrogen-bond donors (Lipinski definition) is 0. The Morgan fingerprint density at radius 1 is 1.38 bits per heavy atom. The highest BCUT2D eigenvalue weighted by Crippen LogP contribution is 2.22. The van der Waals surface area contributed by atoms with Crippen LogP contribution in [0.3, 0.4) is 0 Å². The van der Waals surface area contributed by atoms with Crippen molar-refractivity contribution < 1.29 is 18.3 Å². The zero-order valence-corrected chi connectivity index (χ0v) is 15.6. The van der Waals surface area contributed by atoms with E-state index in [9.17, 15) is 13.6 Å². The first-order valence-electron chi connectivity index (χ1n) is 7.95. The molecular weight excluding hydrogens is 378 g/mol. The minimum Gasteiger partial charge on any atom is -0.380 e. The molecule has 3 rings (SSSR count). The molecule has 0 aliphatic carbocycles. The number of rotatable bonds is 6. The number of hydrogen-bond acceptors (Lipinski definition) is 4. The van der Waals surface area contributed by atoms with E-state index in [-0.39, 0.29) is 5.52 Å². The van der Waals surface area contributed by atoms with E-state index >= 15 is 0 Å². The van der Waals surface area contributed by atoms with Crippen LogP contribution in [0.5, 0.6) is 0 Å². The Kier molecular flexibility index (Phi) is 6.08. The standard InChI is InChI=1S/C18H16F2N2O2S2/c1-2-24-8-7-22-17-14(20)10-12(19)11-15(17)26-18(22)21-16(23)6-5-13-4-3-9-25-13/h3-6,9-11H,2,7-8H2,1H3. The summed E-state index contributed by atoms with van der Waals surface area (Å²) in [5.74, 6) is -1.81. The molecule has 0 spiro atoms. The molecule has 1 amide bonds. The number of ether oxygens (including phenoxy) is 1. The van der Waals surface area contributed by atoms with Gasteiger partial charge in [-0.3, -0.25) is 4.79 Å². The Morgan fingerprint density at radius 2 is 2.23 bits per heavy atom. The van der Waals surface area contributed by atoms with Gasteiger partial charge < -0.3 is 9.30 Å². The molecule has 136 valence electrons. The zero-order valence-electron chi connectivity index (χ0n) is 13.9. The Morgan fingerprint density at radius 3 is 2.96 bits per heavy atom. The number of fused-ring (bicyclic) bond motifs is 1. The summed E-state index contributed by atoms with van der Waals surface area (Å²) in [7, 11) is 0. The minimum atomic E-state index is -0.684. The van der Waals surface area contributed by atoms with Crippen molar-refractivity contribution in [2.45, 2.75) is 13.5 Å². The summed E-state index contributed by atoms with van der Waals surface area (Å²) in [6.45, 7) is 3.04. The van der Waals surface area contributed by atoms with Crippen LogP contribution in [-0.2, 0) is 16.1 Å². The van der Waals surface area contributed by atoms with Gasteiger partial charge in [-0.1, -0.05) is 17.4 Å². The van der Waals surface area contributed by atoms with E-state index < -0.39 is 17.5 Å². The number of halogens is 2. The van der Waals surface area contributed by atoms with Gasteiger partial charge in [0, 0.05) is 30.2 Å². The topological polar surface area (TPSA) is 43.6 Å². The molecule has 0 bridgehead atoms. The lowest BCUT2D eigenvalue weighted by atomic mass is 10.3. The van der Waals surface area contributed by atoms with E-state index in [1.165, 1.54) is 23.5 Å². The van der Waals surface area contributed by atoms with Crippen molar-refractivity contribution in [3.05, 3.63) is 57.0 Å². The lowest BCUT2D eigenvalue weighted by Gasteiger charge is -2.06. The predicted octanol–water partition coefficient (Wildman–Crippen LogP) is 4.22. The monoisotopic (exact) mass is 394 g/mol. The molecule has 0 unspecified atom stereocenters. The van der Waals surface area contributed by atoms with Crippen LogP contribution in [0.1, 0.15) is 11.8 Å². The van der Waals surface area contributed by atoms with E-state index in [1.807, 2.05) is 24.4 Å². The van der Waals surface area contributed by atoms with Crippen molar-refractivity contribution in [1.82, 2.24) is 4.57 Å². The van der Waals surface area contributed by atoms with Crippen molar-refractivity contribution in [1.29, 1.82) is 0 Å². The molecule has 0 aliphatic rings. The molecule has 8 heteroatoms. The van der Waals surface area contributed by atoms with Crippen LogP contribution in [0, 0.1) is 11.6 Å². The van der Waals surface area contributed by atoms with Crippen LogP contribution in [0.25, 0.3) is 16.3 Å². The Labute approximate surface area is 156 Å². The lowest BCUT2D eigenvalue weighted by molar-refractivity contribution is -0.113. The van der Waals surface area contributed by atoms with Crippen molar-refractivity contribution in [2.75, 3.05) is 13.2 Å². The number of aromatic nitrogens is 1. The highest BCUT2D eigenvalue weighted by atomic mass is 32.1. The molecule has 0 atom stereocenters. The van der Waals surface area contributed by atoms with Gasteiger partial charge >= 0.3 is 0 Å². The number of carbonyl (C=O) groups is 1. The fourth-order valence-corrected chi connectivity index (χ4v) is 4.11. The fraction of sp³-hybridized carbons (Fsp3) is 0.222. The fourth-order valence-electron chi connectivity index (χ4n) is 2.39. The third-order valence-corrected chi connectivity index (χ3v) is 5.36. The lowest BCUT2D eigenvalue weighted by Crippen LogP contribution is -2.19. The Balaban J connectivity index is 2.01. The van der Waals surface area contributed by atoms with Gasteiger partial charge in [0.2, 0.25) is 0 Å². The van der Waals surface area contributed by atoms with Gasteiger partial charge in [0.05, 0.1) is 16.8 Å². The molecule has 0 N–H and O–H groups in total. The first-order chi connectivity index (χ1) is 12.6. The third kappa shape index (κ3) is 4.32. The maximum atomic E-state index is 14.3. The van der Waals surface area contributed by atoms with Gasteiger partial charge in [-0.2, -0.15) is 4.99 Å². The average Bonchev–Trinajstić information content (AvgIpc) is 3.21. The molecular formula is C18H16F2N2O2S2. The van der Waals surface area contributed by atoms with E-state index in [2.05, 4.69) is 4.99 Å². The SMILES string of the molecule is CCOCCn1c(=NC(=O)C=Cc2cccs2)sc2cc(F)cc(F)c21. The molecule has 0 fully saturated rings. The zero-order chi connectivity index (χ0) is 18.5. The molecule has 0 saturated carbocycles. The number of thiophene rings is 1. The number of thiazole rings is 1. The summed E-state index contributed by atoms with van der Waals surface area (Å²) in [6.07, 6.45) is 3.04. The molecule has 1 aromatic carbocycles. The number of benzene rings is 1. The normalized spacial score (nSPS) is 12.5. The summed E-state index contributed by atoms with van der Waals surface area (Å²) in [5, 5.41) is 1.91. The quantitative estimate of drug-likeness (QED) is 0.464. The number of carbonyl (C=O) groups excluding carboxylic acids is 1. The first kappa shape index (κ1) is 18.6. The predicted molar refractivity (Wildman–Crippen MR) is 100 cm³/mol. The highest BCUT2D eigenvalue weighted by molar-refractivity contribution is 7.16. The van der Waals surface area contributed by atoms with Gasteiger partial charge in [0.25, 0.3) is 5.91 Å². The second-order valence-electron chi connectivity index (χ2n) is 5.27. The van der Waals surface area contributed by atoms with Crippen LogP contribution in [0.4, 0.5) is 8.78 Å². The van der Waals surface area contributed by atoms with Crippen LogP contribution >= 0.6 is 22.7 Å². The third-order valence-electron chi connectivity index (χ3n) is 3.50. The number of nitrogens with zero attached hydrogens (tertiary/aromatic N) is 2. The van der Waals surface area contributed by atoms with Crippen LogP contribution < -0.4 is 4.80 Å². The van der Waals surface area contributed by atoms with Gasteiger partial charge in [-0.25, -0.2) is 8.78 Å². The summed E-state index contributed by atoms with van der Waals surface area (Å²) in [5.41, 5.74) is 0.227. The van der Waals surface area contributed by atoms with Gasteiger partial charge in [-0.05, 0) is 30.5 Å². The van der Waals surface area contributed by atoms with Crippen molar-refractivity contribution in [3.63, 3.8) is 0 Å². The van der Waals surface area contributed by atoms with E-state index in [0.29, 0.717) is 29.3 Å². The van der Waals surface area contributed by atoms with Crippen molar-refractivity contribution in [2.24, 2.45) is 4.99 Å². The molecule has 0 radical (unpaired) electrons. The van der Waals surface area contributed by atoms with Crippen LogP contribution in [0.2, 0.25) is 0 Å². The molecule has 2 aromatic heterocycles. The van der Waals surface area contributed by atoms with Gasteiger partial charge in [0.15, 0.2) is 10.6 Å². The molecule has 0 aliphatic heterocycles. The first-order valence-corrected chi connectivity index (χ1v) is 9.64. The average molecular weight is 394 g/mol. The summed E-state index contributed by atoms with van der Waals surface area (Å²) >= 11 is 2.57. The second kappa shape index (κ2) is 8.48. The maximum Gasteiger partial charge on any atom is 0.272 e. The second-order valence-corrected chi connectivity index (χ2v) is 7.25. The summed E-state index contributed by atoms with van der Waals surface area (Å²) in [6, 6.07) is 5.84. The van der Waals surface area contributed by atoms with Crippen molar-refractivity contribution >= 4 is 44.9 Å². The molecule has 26 heavy (non-hydrogen) atoms. The Bertz CT molecular complexity index is 1000. The van der Waals surface area contributed by atoms with E-state index in [1.54, 1.807) is 10.6 Å². The maximum absolute atomic E-state index is 14.3. The minimum absolute atomic E-state index is 0.227. The summed E-state index contributed by atoms with van der Waals surface area (Å²) < 4.78 is 35.1. The van der Waals surface area contributed by atoms with Gasteiger partial charge in [-0.15, -0.1) is 11.3 Å². The smallest absolute Gasteiger partial charge is 0.272 e. The highest BCUT2D eigenvalue weighted by Gasteiger charge is 2.13. The molecule has 3 aromatic rings. The molecule has 2 heterocycles. The van der Waals surface area contributed by atoms with E-state index in [4.69, 9.17) is 4.74 Å². The van der Waals surface area contributed by atoms with E-state index in [0.717, 1.165) is 22.3 Å². The Hall–Kier alpha value is -2.16. The summed E-state index contributed by atoms with van der Waals surface area (Å²) in [4.78, 5) is 17.5. The van der Waals surface area contributed by atoms with Gasteiger partial charge in [0.1, 0.15) is 5.82 Å². The molecule has 0 saturated heterocycles. The molecule has 4 nitrogen and oxygen atoms in total. The van der Waals surface area contributed by atoms with Crippen molar-refractivity contribution in [3.8, 4) is 0 Å². The largest absolute Gasteiger partial charge is 0.380 e.